The molecule has 0 atom stereocenters. The zero-order chi connectivity index (χ0) is 13.3. The number of hydrogen-bond acceptors (Lipinski definition) is 4. The Hall–Kier alpha value is -0.920. The van der Waals surface area contributed by atoms with E-state index in [1.165, 1.54) is 16.6 Å². The summed E-state index contributed by atoms with van der Waals surface area (Å²) in [5.41, 5.74) is 0. The third-order valence-electron chi connectivity index (χ3n) is 2.11. The van der Waals surface area contributed by atoms with Gasteiger partial charge in [-0.2, -0.15) is 0 Å². The van der Waals surface area contributed by atoms with E-state index in [4.69, 9.17) is 5.11 Å². The number of carbonyl (C=O) groups is 1. The Kier molecular flexibility index (Phi) is 7.77. The zero-order valence-electron chi connectivity index (χ0n) is 10.2. The fourth-order valence-electron chi connectivity index (χ4n) is 1.28. The summed E-state index contributed by atoms with van der Waals surface area (Å²) >= 11 is 0. The van der Waals surface area contributed by atoms with Crippen LogP contribution in [0.2, 0.25) is 0 Å². The molecule has 0 heterocycles. The Morgan fingerprint density at radius 2 is 2.12 bits per heavy atom. The van der Waals surface area contributed by atoms with Crippen molar-refractivity contribution in [2.75, 3.05) is 32.4 Å². The highest BCUT2D eigenvalue weighted by atomic mass is 32.2. The Balaban J connectivity index is 3.67. The second kappa shape index (κ2) is 8.21. The third kappa shape index (κ3) is 8.84. The van der Waals surface area contributed by atoms with Crippen molar-refractivity contribution < 1.29 is 18.3 Å². The van der Waals surface area contributed by atoms with Crippen molar-refractivity contribution in [3.05, 3.63) is 12.2 Å². The number of carboxylic acid groups (broad SMARTS) is 1. The van der Waals surface area contributed by atoms with Crippen LogP contribution >= 0.6 is 0 Å². The van der Waals surface area contributed by atoms with E-state index >= 15 is 0 Å². The molecule has 7 heteroatoms. The molecule has 0 aromatic rings. The molecule has 17 heavy (non-hydrogen) atoms. The third-order valence-corrected chi connectivity index (χ3v) is 3.48. The smallest absolute Gasteiger partial charge is 0.328 e. The van der Waals surface area contributed by atoms with E-state index in [0.29, 0.717) is 32.6 Å². The van der Waals surface area contributed by atoms with Gasteiger partial charge in [-0.15, -0.1) is 0 Å². The van der Waals surface area contributed by atoms with Crippen LogP contribution in [0.25, 0.3) is 0 Å². The van der Waals surface area contributed by atoms with Crippen molar-refractivity contribution in [3.63, 3.8) is 0 Å². The van der Waals surface area contributed by atoms with Crippen molar-refractivity contribution >= 4 is 16.0 Å². The van der Waals surface area contributed by atoms with Gasteiger partial charge in [0.25, 0.3) is 0 Å². The van der Waals surface area contributed by atoms with Gasteiger partial charge in [-0.3, -0.25) is 0 Å². The molecule has 0 aliphatic carbocycles. The van der Waals surface area contributed by atoms with Gasteiger partial charge in [0.2, 0.25) is 10.0 Å². The monoisotopic (exact) mass is 264 g/mol. The molecular weight excluding hydrogens is 244 g/mol. The minimum Gasteiger partial charge on any atom is -0.478 e. The number of hydrogen-bond donors (Lipinski definition) is 2. The normalized spacial score (nSPS) is 12.4. The van der Waals surface area contributed by atoms with Gasteiger partial charge in [-0.1, -0.05) is 13.0 Å². The molecule has 0 spiro atoms. The van der Waals surface area contributed by atoms with Crippen LogP contribution < -0.4 is 5.32 Å². The van der Waals surface area contributed by atoms with E-state index in [2.05, 4.69) is 5.32 Å². The van der Waals surface area contributed by atoms with Crippen LogP contribution in [0.1, 0.15) is 13.3 Å². The lowest BCUT2D eigenvalue weighted by atomic mass is 10.4. The highest BCUT2D eigenvalue weighted by molar-refractivity contribution is 7.88. The number of carboxylic acids is 1. The molecule has 0 radical (unpaired) electrons. The summed E-state index contributed by atoms with van der Waals surface area (Å²) in [5.74, 6) is -0.971. The lowest BCUT2D eigenvalue weighted by Crippen LogP contribution is -2.32. The second-order valence-corrected chi connectivity index (χ2v) is 5.54. The van der Waals surface area contributed by atoms with Gasteiger partial charge in [-0.25, -0.2) is 17.5 Å². The molecule has 0 aliphatic heterocycles. The maximum Gasteiger partial charge on any atom is 0.328 e. The van der Waals surface area contributed by atoms with Gasteiger partial charge in [0, 0.05) is 25.7 Å². The summed E-state index contributed by atoms with van der Waals surface area (Å²) in [6.07, 6.45) is 4.47. The first-order chi connectivity index (χ1) is 7.88. The number of nitrogens with one attached hydrogen (secondary N) is 1. The van der Waals surface area contributed by atoms with Crippen molar-refractivity contribution in [2.24, 2.45) is 0 Å². The molecule has 0 aromatic carbocycles. The van der Waals surface area contributed by atoms with Crippen LogP contribution in [-0.4, -0.2) is 56.2 Å². The lowest BCUT2D eigenvalue weighted by Gasteiger charge is -2.17. The summed E-state index contributed by atoms with van der Waals surface area (Å²) < 4.78 is 23.9. The average molecular weight is 264 g/mol. The first-order valence-electron chi connectivity index (χ1n) is 5.43. The van der Waals surface area contributed by atoms with Crippen molar-refractivity contribution in [1.82, 2.24) is 9.62 Å². The molecule has 0 saturated heterocycles. The molecule has 0 aliphatic rings. The Morgan fingerprint density at radius 3 is 2.59 bits per heavy atom. The Morgan fingerprint density at radius 1 is 1.47 bits per heavy atom. The van der Waals surface area contributed by atoms with E-state index in [1.807, 2.05) is 0 Å². The molecule has 0 rings (SSSR count). The second-order valence-electron chi connectivity index (χ2n) is 3.55. The molecule has 100 valence electrons. The molecule has 6 nitrogen and oxygen atoms in total. The van der Waals surface area contributed by atoms with Gasteiger partial charge in [0.15, 0.2) is 0 Å². The summed E-state index contributed by atoms with van der Waals surface area (Å²) in [6, 6.07) is 0. The predicted octanol–water partition coefficient (Wildman–Crippen LogP) is -0.112. The van der Waals surface area contributed by atoms with Gasteiger partial charge in [-0.05, 0) is 13.0 Å². The lowest BCUT2D eigenvalue weighted by molar-refractivity contribution is -0.131. The largest absolute Gasteiger partial charge is 0.478 e. The fourth-order valence-corrected chi connectivity index (χ4v) is 2.21. The fraction of sp³-hybridized carbons (Fsp3) is 0.700. The molecule has 2 N–H and O–H groups in total. The molecule has 0 amide bonds. The SMILES string of the molecule is CCN(CCCNC/C=C/C(=O)O)S(C)(=O)=O. The van der Waals surface area contributed by atoms with Crippen molar-refractivity contribution in [2.45, 2.75) is 13.3 Å². The van der Waals surface area contributed by atoms with Gasteiger partial charge in [0.05, 0.1) is 6.26 Å². The highest BCUT2D eigenvalue weighted by Gasteiger charge is 2.12. The summed E-state index contributed by atoms with van der Waals surface area (Å²) in [5, 5.41) is 11.3. The van der Waals surface area contributed by atoms with Crippen LogP contribution in [0.15, 0.2) is 12.2 Å². The molecule has 0 fully saturated rings. The van der Waals surface area contributed by atoms with E-state index in [-0.39, 0.29) is 0 Å². The summed E-state index contributed by atoms with van der Waals surface area (Å²) in [6.45, 7) is 3.86. The van der Waals surface area contributed by atoms with Crippen molar-refractivity contribution in [3.8, 4) is 0 Å². The zero-order valence-corrected chi connectivity index (χ0v) is 11.0. The van der Waals surface area contributed by atoms with Gasteiger partial charge >= 0.3 is 5.97 Å². The molecular formula is C10H20N2O4S. The number of rotatable bonds is 9. The van der Waals surface area contributed by atoms with E-state index < -0.39 is 16.0 Å². The number of aliphatic carboxylic acids is 1. The molecule has 0 unspecified atom stereocenters. The van der Waals surface area contributed by atoms with Crippen molar-refractivity contribution in [1.29, 1.82) is 0 Å². The van der Waals surface area contributed by atoms with Crippen LogP contribution in [-0.2, 0) is 14.8 Å². The summed E-state index contributed by atoms with van der Waals surface area (Å²) in [4.78, 5) is 10.1. The Bertz CT molecular complexity index is 351. The molecule has 0 saturated carbocycles. The number of sulfonamides is 1. The molecule has 0 aromatic heterocycles. The van der Waals surface area contributed by atoms with Crippen LogP contribution in [0, 0.1) is 0 Å². The minimum atomic E-state index is -3.11. The maximum atomic E-state index is 11.2. The van der Waals surface area contributed by atoms with Gasteiger partial charge < -0.3 is 10.4 Å². The maximum absolute atomic E-state index is 11.2. The average Bonchev–Trinajstić information content (AvgIpc) is 2.19. The minimum absolute atomic E-state index is 0.470. The van der Waals surface area contributed by atoms with Gasteiger partial charge in [0.1, 0.15) is 0 Å². The van der Waals surface area contributed by atoms with Crippen LogP contribution in [0.5, 0.6) is 0 Å². The summed E-state index contributed by atoms with van der Waals surface area (Å²) in [7, 11) is -3.11. The van der Waals surface area contributed by atoms with E-state index in [1.54, 1.807) is 6.92 Å². The molecule has 0 bridgehead atoms. The van der Waals surface area contributed by atoms with E-state index in [9.17, 15) is 13.2 Å². The first-order valence-corrected chi connectivity index (χ1v) is 7.28. The topological polar surface area (TPSA) is 86.7 Å². The standard InChI is InChI=1S/C10H20N2O4S/c1-3-12(17(2,15)16)9-5-8-11-7-4-6-10(13)14/h4,6,11H,3,5,7-9H2,1-2H3,(H,13,14)/b6-4+. The van der Waals surface area contributed by atoms with Crippen LogP contribution in [0.3, 0.4) is 0 Å². The first kappa shape index (κ1) is 16.1. The predicted molar refractivity (Wildman–Crippen MR) is 66.4 cm³/mol. The van der Waals surface area contributed by atoms with Crippen LogP contribution in [0.4, 0.5) is 0 Å². The van der Waals surface area contributed by atoms with E-state index in [0.717, 1.165) is 6.08 Å². The quantitative estimate of drug-likeness (QED) is 0.448. The highest BCUT2D eigenvalue weighted by Crippen LogP contribution is 1.97. The Labute approximate surface area is 102 Å². The number of nitrogens with zero attached hydrogens (tertiary/aromatic N) is 1.